The van der Waals surface area contributed by atoms with Crippen molar-refractivity contribution in [2.45, 2.75) is 38.6 Å². The molecule has 0 N–H and O–H groups in total. The van der Waals surface area contributed by atoms with Gasteiger partial charge in [0.25, 0.3) is 0 Å². The molecule has 0 aromatic heterocycles. The molecule has 1 aliphatic heterocycles. The molecule has 22 heavy (non-hydrogen) atoms. The van der Waals surface area contributed by atoms with Crippen LogP contribution in [0.15, 0.2) is 42.0 Å². The summed E-state index contributed by atoms with van der Waals surface area (Å²) in [6.07, 6.45) is 2.38. The second-order valence-corrected chi connectivity index (χ2v) is 5.12. The Bertz CT molecular complexity index is 549. The predicted molar refractivity (Wildman–Crippen MR) is 79.9 cm³/mol. The SMILES string of the molecule is COC1OC(=O)C=C1C(CCCc1ccccc1)OC(C)=O. The summed E-state index contributed by atoms with van der Waals surface area (Å²) >= 11 is 0. The molecule has 5 heteroatoms. The quantitative estimate of drug-likeness (QED) is 0.724. The molecule has 0 aliphatic carbocycles. The number of hydrogen-bond acceptors (Lipinski definition) is 5. The number of hydrogen-bond donors (Lipinski definition) is 0. The fourth-order valence-electron chi connectivity index (χ4n) is 2.47. The average Bonchev–Trinajstić information content (AvgIpc) is 2.88. The van der Waals surface area contributed by atoms with E-state index in [1.165, 1.54) is 25.7 Å². The third-order valence-corrected chi connectivity index (χ3v) is 3.45. The van der Waals surface area contributed by atoms with E-state index in [1.807, 2.05) is 18.2 Å². The summed E-state index contributed by atoms with van der Waals surface area (Å²) in [6.45, 7) is 1.35. The van der Waals surface area contributed by atoms with Crippen molar-refractivity contribution in [1.29, 1.82) is 0 Å². The monoisotopic (exact) mass is 304 g/mol. The topological polar surface area (TPSA) is 61.8 Å². The van der Waals surface area contributed by atoms with Gasteiger partial charge in [-0.2, -0.15) is 0 Å². The standard InChI is InChI=1S/C17H20O5/c1-12(18)21-15(14-11-16(19)22-17(14)20-2)10-6-9-13-7-4-3-5-8-13/h3-5,7-8,11,15,17H,6,9-10H2,1-2H3. The van der Waals surface area contributed by atoms with E-state index in [0.717, 1.165) is 12.8 Å². The number of aryl methyl sites for hydroxylation is 1. The van der Waals surface area contributed by atoms with Gasteiger partial charge in [0.15, 0.2) is 0 Å². The molecular weight excluding hydrogens is 284 g/mol. The van der Waals surface area contributed by atoms with Crippen molar-refractivity contribution >= 4 is 11.9 Å². The fraction of sp³-hybridized carbons (Fsp3) is 0.412. The lowest BCUT2D eigenvalue weighted by atomic mass is 10.0. The molecule has 2 atom stereocenters. The molecular formula is C17H20O5. The van der Waals surface area contributed by atoms with Gasteiger partial charge >= 0.3 is 11.9 Å². The summed E-state index contributed by atoms with van der Waals surface area (Å²) in [7, 11) is 1.45. The molecule has 0 saturated carbocycles. The maximum absolute atomic E-state index is 11.4. The Kier molecular flexibility index (Phi) is 5.72. The number of carbonyl (C=O) groups is 2. The molecule has 2 rings (SSSR count). The molecule has 2 unspecified atom stereocenters. The minimum Gasteiger partial charge on any atom is -0.458 e. The first kappa shape index (κ1) is 16.2. The van der Waals surface area contributed by atoms with Gasteiger partial charge in [0, 0.05) is 25.7 Å². The van der Waals surface area contributed by atoms with Gasteiger partial charge < -0.3 is 14.2 Å². The summed E-state index contributed by atoms with van der Waals surface area (Å²) in [5.41, 5.74) is 1.79. The van der Waals surface area contributed by atoms with Crippen LogP contribution >= 0.6 is 0 Å². The third kappa shape index (κ3) is 4.43. The second kappa shape index (κ2) is 7.75. The first-order chi connectivity index (χ1) is 10.6. The molecule has 0 bridgehead atoms. The lowest BCUT2D eigenvalue weighted by molar-refractivity contribution is -0.158. The highest BCUT2D eigenvalue weighted by atomic mass is 16.7. The lowest BCUT2D eigenvalue weighted by Gasteiger charge is -2.21. The van der Waals surface area contributed by atoms with E-state index in [0.29, 0.717) is 12.0 Å². The van der Waals surface area contributed by atoms with Crippen LogP contribution in [0.1, 0.15) is 25.3 Å². The van der Waals surface area contributed by atoms with Gasteiger partial charge in [-0.05, 0) is 24.8 Å². The van der Waals surface area contributed by atoms with Gasteiger partial charge in [0.05, 0.1) is 0 Å². The first-order valence-electron chi connectivity index (χ1n) is 7.26. The van der Waals surface area contributed by atoms with E-state index >= 15 is 0 Å². The number of rotatable bonds is 7. The molecule has 0 amide bonds. The second-order valence-electron chi connectivity index (χ2n) is 5.12. The fourth-order valence-corrected chi connectivity index (χ4v) is 2.47. The minimum atomic E-state index is -0.770. The maximum Gasteiger partial charge on any atom is 0.333 e. The highest BCUT2D eigenvalue weighted by Crippen LogP contribution is 2.25. The van der Waals surface area contributed by atoms with Gasteiger partial charge in [-0.1, -0.05) is 30.3 Å². The Morgan fingerprint density at radius 2 is 2.05 bits per heavy atom. The zero-order valence-corrected chi connectivity index (χ0v) is 12.8. The number of esters is 2. The van der Waals surface area contributed by atoms with Crippen molar-refractivity contribution in [2.24, 2.45) is 0 Å². The minimum absolute atomic E-state index is 0.389. The van der Waals surface area contributed by atoms with Crippen LogP contribution in [0.2, 0.25) is 0 Å². The molecule has 1 aliphatic rings. The van der Waals surface area contributed by atoms with Gasteiger partial charge in [0.1, 0.15) is 6.10 Å². The third-order valence-electron chi connectivity index (χ3n) is 3.45. The normalized spacial score (nSPS) is 18.5. The van der Waals surface area contributed by atoms with E-state index in [1.54, 1.807) is 0 Å². The first-order valence-corrected chi connectivity index (χ1v) is 7.26. The molecule has 1 aromatic carbocycles. The predicted octanol–water partition coefficient (Wildman–Crippen LogP) is 2.40. The van der Waals surface area contributed by atoms with Crippen LogP contribution in [-0.2, 0) is 30.2 Å². The lowest BCUT2D eigenvalue weighted by Crippen LogP contribution is -2.26. The zero-order valence-electron chi connectivity index (χ0n) is 12.8. The Morgan fingerprint density at radius 1 is 1.32 bits per heavy atom. The summed E-state index contributed by atoms with van der Waals surface area (Å²) in [5.74, 6) is -0.859. The van der Waals surface area contributed by atoms with Gasteiger partial charge in [0.2, 0.25) is 6.29 Å². The summed E-state index contributed by atoms with van der Waals surface area (Å²) in [6, 6.07) is 10.1. The van der Waals surface area contributed by atoms with Crippen molar-refractivity contribution < 1.29 is 23.8 Å². The van der Waals surface area contributed by atoms with Crippen LogP contribution in [0.5, 0.6) is 0 Å². The summed E-state index contributed by atoms with van der Waals surface area (Å²) in [5, 5.41) is 0. The van der Waals surface area contributed by atoms with Crippen LogP contribution < -0.4 is 0 Å². The van der Waals surface area contributed by atoms with E-state index < -0.39 is 18.4 Å². The summed E-state index contributed by atoms with van der Waals surface area (Å²) < 4.78 is 15.5. The Morgan fingerprint density at radius 3 is 2.68 bits per heavy atom. The largest absolute Gasteiger partial charge is 0.458 e. The van der Waals surface area contributed by atoms with E-state index in [2.05, 4.69) is 12.1 Å². The van der Waals surface area contributed by atoms with Crippen LogP contribution in [0.25, 0.3) is 0 Å². The van der Waals surface area contributed by atoms with Crippen molar-refractivity contribution in [2.75, 3.05) is 7.11 Å². The van der Waals surface area contributed by atoms with Crippen molar-refractivity contribution in [3.63, 3.8) is 0 Å². The molecule has 0 radical (unpaired) electrons. The number of ether oxygens (including phenoxy) is 3. The molecule has 1 heterocycles. The smallest absolute Gasteiger partial charge is 0.333 e. The number of benzene rings is 1. The Hall–Kier alpha value is -2.14. The van der Waals surface area contributed by atoms with Crippen molar-refractivity contribution in [3.8, 4) is 0 Å². The highest BCUT2D eigenvalue weighted by Gasteiger charge is 2.33. The van der Waals surface area contributed by atoms with E-state index in [9.17, 15) is 9.59 Å². The molecule has 0 fully saturated rings. The van der Waals surface area contributed by atoms with E-state index in [-0.39, 0.29) is 5.97 Å². The molecule has 0 saturated heterocycles. The Balaban J connectivity index is 1.99. The van der Waals surface area contributed by atoms with Crippen molar-refractivity contribution in [1.82, 2.24) is 0 Å². The molecule has 5 nitrogen and oxygen atoms in total. The molecule has 118 valence electrons. The van der Waals surface area contributed by atoms with Crippen molar-refractivity contribution in [3.05, 3.63) is 47.5 Å². The van der Waals surface area contributed by atoms with Crippen LogP contribution in [0.3, 0.4) is 0 Å². The average molecular weight is 304 g/mol. The molecule has 0 spiro atoms. The van der Waals surface area contributed by atoms with Gasteiger partial charge in [-0.3, -0.25) is 4.79 Å². The highest BCUT2D eigenvalue weighted by molar-refractivity contribution is 5.86. The van der Waals surface area contributed by atoms with Crippen LogP contribution in [-0.4, -0.2) is 31.4 Å². The summed E-state index contributed by atoms with van der Waals surface area (Å²) in [4.78, 5) is 22.7. The maximum atomic E-state index is 11.4. The Labute approximate surface area is 129 Å². The molecule has 1 aromatic rings. The van der Waals surface area contributed by atoms with E-state index in [4.69, 9.17) is 14.2 Å². The van der Waals surface area contributed by atoms with Gasteiger partial charge in [-0.15, -0.1) is 0 Å². The zero-order chi connectivity index (χ0) is 15.9. The number of cyclic esters (lactones) is 1. The number of carbonyl (C=O) groups excluding carboxylic acids is 2. The van der Waals surface area contributed by atoms with Gasteiger partial charge in [-0.25, -0.2) is 4.79 Å². The van der Waals surface area contributed by atoms with Crippen LogP contribution in [0, 0.1) is 0 Å². The number of methoxy groups -OCH3 is 1. The van der Waals surface area contributed by atoms with Crippen LogP contribution in [0.4, 0.5) is 0 Å².